The zero-order valence-electron chi connectivity index (χ0n) is 5.35. The van der Waals surface area contributed by atoms with E-state index in [1.165, 1.54) is 0 Å². The summed E-state index contributed by atoms with van der Waals surface area (Å²) in [5.74, 6) is -0.863. The van der Waals surface area contributed by atoms with Crippen molar-refractivity contribution in [2.24, 2.45) is 0 Å². The van der Waals surface area contributed by atoms with Crippen molar-refractivity contribution in [3.8, 4) is 0 Å². The van der Waals surface area contributed by atoms with Gasteiger partial charge in [0.15, 0.2) is 0 Å². The third kappa shape index (κ3) is 3.47. The Morgan fingerprint density at radius 2 is 2.18 bits per heavy atom. The highest BCUT2D eigenvalue weighted by Crippen LogP contribution is 2.27. The fraction of sp³-hybridized carbons (Fsp3) is 0.800. The van der Waals surface area contributed by atoms with E-state index in [4.69, 9.17) is 39.5 Å². The van der Waals surface area contributed by atoms with E-state index in [9.17, 15) is 4.79 Å². The molecule has 1 aliphatic rings. The van der Waals surface area contributed by atoms with Crippen molar-refractivity contribution >= 4 is 40.8 Å². The molecule has 1 rings (SSSR count). The van der Waals surface area contributed by atoms with Gasteiger partial charge in [-0.2, -0.15) is 0 Å². The van der Waals surface area contributed by atoms with Crippen molar-refractivity contribution in [3.63, 3.8) is 0 Å². The smallest absolute Gasteiger partial charge is 0.358 e. The van der Waals surface area contributed by atoms with Crippen molar-refractivity contribution in [2.75, 3.05) is 13.2 Å². The number of hydrogen-bond acceptors (Lipinski definition) is 3. The summed E-state index contributed by atoms with van der Waals surface area (Å²) in [4.78, 5) is 10.7. The first-order valence-corrected chi connectivity index (χ1v) is 3.99. The van der Waals surface area contributed by atoms with E-state index in [1.54, 1.807) is 0 Å². The number of rotatable bonds is 2. The van der Waals surface area contributed by atoms with Crippen LogP contribution in [0.4, 0.5) is 0 Å². The first-order valence-electron chi connectivity index (χ1n) is 2.85. The maximum atomic E-state index is 10.7. The molecule has 0 spiro atoms. The number of halogens is 3. The van der Waals surface area contributed by atoms with Gasteiger partial charge < -0.3 is 9.47 Å². The molecule has 64 valence electrons. The summed E-state index contributed by atoms with van der Waals surface area (Å²) in [5.41, 5.74) is 0. The van der Waals surface area contributed by atoms with Gasteiger partial charge in [-0.05, 0) is 0 Å². The third-order valence-corrected chi connectivity index (χ3v) is 1.50. The summed E-state index contributed by atoms with van der Waals surface area (Å²) >= 11 is 15.6. The zero-order chi connectivity index (χ0) is 8.48. The highest BCUT2D eigenvalue weighted by atomic mass is 35.6. The summed E-state index contributed by atoms with van der Waals surface area (Å²) in [6, 6.07) is 0. The van der Waals surface area contributed by atoms with Gasteiger partial charge in [0, 0.05) is 0 Å². The maximum absolute atomic E-state index is 10.7. The molecule has 0 N–H and O–H groups in total. The van der Waals surface area contributed by atoms with Gasteiger partial charge in [-0.3, -0.25) is 0 Å². The summed E-state index contributed by atoms with van der Waals surface area (Å²) in [7, 11) is 0. The van der Waals surface area contributed by atoms with Crippen LogP contribution in [-0.2, 0) is 14.3 Å². The molecule has 0 aromatic rings. The van der Waals surface area contributed by atoms with Gasteiger partial charge in [0.2, 0.25) is 0 Å². The number of carbonyl (C=O) groups excluding carboxylic acids is 1. The van der Waals surface area contributed by atoms with Gasteiger partial charge in [-0.1, -0.05) is 34.8 Å². The van der Waals surface area contributed by atoms with Crippen LogP contribution in [0, 0.1) is 0 Å². The minimum Gasteiger partial charge on any atom is -0.460 e. The lowest BCUT2D eigenvalue weighted by Crippen LogP contribution is -2.23. The van der Waals surface area contributed by atoms with E-state index in [-0.39, 0.29) is 12.7 Å². The topological polar surface area (TPSA) is 38.8 Å². The second-order valence-corrected chi connectivity index (χ2v) is 4.33. The van der Waals surface area contributed by atoms with Crippen molar-refractivity contribution in [2.45, 2.75) is 9.90 Å². The Morgan fingerprint density at radius 3 is 2.55 bits per heavy atom. The van der Waals surface area contributed by atoms with E-state index >= 15 is 0 Å². The maximum Gasteiger partial charge on any atom is 0.358 e. The summed E-state index contributed by atoms with van der Waals surface area (Å²) in [6.07, 6.45) is -0.00806. The lowest BCUT2D eigenvalue weighted by molar-refractivity contribution is -0.143. The molecule has 1 aliphatic heterocycles. The van der Waals surface area contributed by atoms with Crippen LogP contribution in [0.25, 0.3) is 0 Å². The zero-order valence-corrected chi connectivity index (χ0v) is 7.62. The predicted octanol–water partition coefficient (Wildman–Crippen LogP) is 1.30. The molecule has 0 amide bonds. The van der Waals surface area contributed by atoms with Gasteiger partial charge in [0.05, 0.1) is 6.61 Å². The Labute approximate surface area is 78.5 Å². The fourth-order valence-corrected chi connectivity index (χ4v) is 0.578. The standard InChI is InChI=1S/C5H5Cl3O3/c6-5(7,8)4(9)11-2-3-1-10-3/h3H,1-2H2. The molecule has 0 saturated carbocycles. The lowest BCUT2D eigenvalue weighted by atomic mass is 10.5. The highest BCUT2D eigenvalue weighted by Gasteiger charge is 2.34. The molecular weight excluding hydrogens is 214 g/mol. The fourth-order valence-electron chi connectivity index (χ4n) is 0.415. The van der Waals surface area contributed by atoms with Crippen LogP contribution in [0.1, 0.15) is 0 Å². The number of hydrogen-bond donors (Lipinski definition) is 0. The van der Waals surface area contributed by atoms with Crippen LogP contribution < -0.4 is 0 Å². The SMILES string of the molecule is O=C(OCC1CO1)C(Cl)(Cl)Cl. The Bertz CT molecular complexity index is 161. The molecule has 0 aliphatic carbocycles. The van der Waals surface area contributed by atoms with Gasteiger partial charge in [0.1, 0.15) is 12.7 Å². The van der Waals surface area contributed by atoms with Crippen LogP contribution in [0.3, 0.4) is 0 Å². The second-order valence-electron chi connectivity index (χ2n) is 2.05. The minimum atomic E-state index is -1.98. The summed E-state index contributed by atoms with van der Waals surface area (Å²) in [5, 5.41) is 0. The van der Waals surface area contributed by atoms with E-state index in [1.807, 2.05) is 0 Å². The second kappa shape index (κ2) is 3.35. The molecule has 3 nitrogen and oxygen atoms in total. The van der Waals surface area contributed by atoms with Gasteiger partial charge >= 0.3 is 5.97 Å². The third-order valence-electron chi connectivity index (χ3n) is 1.03. The quantitative estimate of drug-likeness (QED) is 0.399. The Balaban J connectivity index is 2.19. The monoisotopic (exact) mass is 218 g/mol. The molecule has 0 bridgehead atoms. The van der Waals surface area contributed by atoms with E-state index < -0.39 is 9.76 Å². The first-order chi connectivity index (χ1) is 5.00. The molecule has 0 aromatic heterocycles. The number of ether oxygens (including phenoxy) is 2. The van der Waals surface area contributed by atoms with Crippen molar-refractivity contribution in [3.05, 3.63) is 0 Å². The first kappa shape index (κ1) is 9.39. The Hall–Kier alpha value is 0.300. The van der Waals surface area contributed by atoms with Crippen LogP contribution in [0.15, 0.2) is 0 Å². The summed E-state index contributed by atoms with van der Waals surface area (Å²) < 4.78 is 7.36. The van der Waals surface area contributed by atoms with E-state index in [2.05, 4.69) is 4.74 Å². The van der Waals surface area contributed by atoms with Crippen LogP contribution in [0.5, 0.6) is 0 Å². The van der Waals surface area contributed by atoms with Crippen molar-refractivity contribution in [1.29, 1.82) is 0 Å². The number of alkyl halides is 3. The molecule has 0 aromatic carbocycles. The van der Waals surface area contributed by atoms with Gasteiger partial charge in [-0.25, -0.2) is 4.79 Å². The summed E-state index contributed by atoms with van der Waals surface area (Å²) in [6.45, 7) is 0.764. The molecule has 1 unspecified atom stereocenters. The minimum absolute atomic E-state index is 0.00806. The molecular formula is C5H5Cl3O3. The Morgan fingerprint density at radius 1 is 1.64 bits per heavy atom. The predicted molar refractivity (Wildman–Crippen MR) is 41.0 cm³/mol. The van der Waals surface area contributed by atoms with Crippen LogP contribution in [-0.4, -0.2) is 29.1 Å². The number of epoxide rings is 1. The van der Waals surface area contributed by atoms with Crippen molar-refractivity contribution in [1.82, 2.24) is 0 Å². The normalized spacial score (nSPS) is 23.0. The molecule has 1 saturated heterocycles. The Kier molecular flexibility index (Phi) is 2.86. The van der Waals surface area contributed by atoms with Crippen LogP contribution in [0.2, 0.25) is 0 Å². The van der Waals surface area contributed by atoms with Gasteiger partial charge in [0.25, 0.3) is 3.79 Å². The molecule has 6 heteroatoms. The van der Waals surface area contributed by atoms with Gasteiger partial charge in [-0.15, -0.1) is 0 Å². The molecule has 1 heterocycles. The largest absolute Gasteiger partial charge is 0.460 e. The average Bonchev–Trinajstić information content (AvgIpc) is 2.62. The van der Waals surface area contributed by atoms with E-state index in [0.717, 1.165) is 0 Å². The molecule has 1 fully saturated rings. The lowest BCUT2D eigenvalue weighted by Gasteiger charge is -2.08. The number of esters is 1. The molecule has 11 heavy (non-hydrogen) atoms. The number of carbonyl (C=O) groups is 1. The van der Waals surface area contributed by atoms with Crippen LogP contribution >= 0.6 is 34.8 Å². The molecule has 1 atom stereocenters. The highest BCUT2D eigenvalue weighted by molar-refractivity contribution is 6.75. The average molecular weight is 219 g/mol. The molecule has 0 radical (unpaired) electrons. The van der Waals surface area contributed by atoms with E-state index in [0.29, 0.717) is 6.61 Å². The van der Waals surface area contributed by atoms with Crippen molar-refractivity contribution < 1.29 is 14.3 Å².